The topological polar surface area (TPSA) is 114 Å². The number of amides is 3. The van der Waals surface area contributed by atoms with Crippen LogP contribution in [0, 0.1) is 0 Å². The molecule has 5 rings (SSSR count). The first-order chi connectivity index (χ1) is 19.5. The third-order valence-corrected chi connectivity index (χ3v) is 8.47. The molecule has 2 aromatic heterocycles. The highest BCUT2D eigenvalue weighted by molar-refractivity contribution is 7.14. The Hall–Kier alpha value is -3.54. The molecule has 41 heavy (non-hydrogen) atoms. The Bertz CT molecular complexity index is 1430. The van der Waals surface area contributed by atoms with E-state index in [0.29, 0.717) is 23.9 Å². The van der Waals surface area contributed by atoms with Crippen LogP contribution in [0.15, 0.2) is 30.3 Å². The first kappa shape index (κ1) is 29.0. The molecule has 2 fully saturated rings. The summed E-state index contributed by atoms with van der Waals surface area (Å²) < 4.78 is 33.4. The van der Waals surface area contributed by atoms with E-state index in [-0.39, 0.29) is 39.7 Å². The van der Waals surface area contributed by atoms with Crippen molar-refractivity contribution < 1.29 is 27.9 Å². The lowest BCUT2D eigenvalue weighted by atomic mass is 9.86. The van der Waals surface area contributed by atoms with Gasteiger partial charge in [-0.1, -0.05) is 19.3 Å². The molecule has 0 aliphatic heterocycles. The summed E-state index contributed by atoms with van der Waals surface area (Å²) in [6, 6.07) is 7.80. The van der Waals surface area contributed by atoms with Crippen LogP contribution in [0.4, 0.5) is 19.5 Å². The first-order valence-electron chi connectivity index (χ1n) is 14.0. The van der Waals surface area contributed by atoms with Gasteiger partial charge in [0.05, 0.1) is 20.8 Å². The number of rotatable bonds is 7. The van der Waals surface area contributed by atoms with Crippen molar-refractivity contribution in [3.63, 3.8) is 0 Å². The fourth-order valence-electron chi connectivity index (χ4n) is 5.36. The molecule has 0 unspecified atom stereocenters. The lowest BCUT2D eigenvalue weighted by Gasteiger charge is -2.37. The van der Waals surface area contributed by atoms with Gasteiger partial charge in [0, 0.05) is 23.7 Å². The summed E-state index contributed by atoms with van der Waals surface area (Å²) in [7, 11) is 0. The molecule has 1 aromatic carbocycles. The fraction of sp³-hybridized carbons (Fsp3) is 0.517. The number of alkyl carbamates (subject to hydrolysis) is 1. The van der Waals surface area contributed by atoms with Crippen molar-refractivity contribution in [2.24, 2.45) is 0 Å². The largest absolute Gasteiger partial charge is 0.444 e. The zero-order valence-electron chi connectivity index (χ0n) is 23.3. The van der Waals surface area contributed by atoms with Gasteiger partial charge in [0.2, 0.25) is 5.95 Å². The number of fused-ring (bicyclic) bond motifs is 1. The number of carbonyl (C=O) groups excluding carboxylic acids is 3. The zero-order chi connectivity index (χ0) is 29.3. The Morgan fingerprint density at radius 3 is 2.39 bits per heavy atom. The highest BCUT2D eigenvalue weighted by atomic mass is 32.1. The van der Waals surface area contributed by atoms with Crippen LogP contribution in [0.25, 0.3) is 11.0 Å². The molecule has 2 heterocycles. The minimum absolute atomic E-state index is 0.0999. The summed E-state index contributed by atoms with van der Waals surface area (Å²) in [5, 5.41) is 8.77. The number of aromatic nitrogens is 2. The number of thiophene rings is 1. The Kier molecular flexibility index (Phi) is 8.30. The van der Waals surface area contributed by atoms with Gasteiger partial charge >= 0.3 is 6.09 Å². The first-order valence-corrected chi connectivity index (χ1v) is 14.8. The summed E-state index contributed by atoms with van der Waals surface area (Å²) in [5.41, 5.74) is 1.11. The molecular formula is C29H35F2N5O4S. The lowest BCUT2D eigenvalue weighted by Crippen LogP contribution is -2.46. The van der Waals surface area contributed by atoms with Crippen LogP contribution in [0.2, 0.25) is 0 Å². The predicted molar refractivity (Wildman–Crippen MR) is 153 cm³/mol. The second-order valence-electron chi connectivity index (χ2n) is 11.7. The molecule has 2 aliphatic carbocycles. The lowest BCUT2D eigenvalue weighted by molar-refractivity contribution is 0.0458. The smallest absolute Gasteiger partial charge is 0.407 e. The zero-order valence-corrected chi connectivity index (χ0v) is 24.2. The monoisotopic (exact) mass is 587 g/mol. The summed E-state index contributed by atoms with van der Waals surface area (Å²) in [4.78, 5) is 42.8. The van der Waals surface area contributed by atoms with E-state index in [2.05, 4.69) is 20.9 Å². The van der Waals surface area contributed by atoms with Crippen LogP contribution in [0.3, 0.4) is 0 Å². The minimum Gasteiger partial charge on any atom is -0.444 e. The Morgan fingerprint density at radius 2 is 1.73 bits per heavy atom. The number of imidazole rings is 1. The van der Waals surface area contributed by atoms with Gasteiger partial charge in [0.1, 0.15) is 5.60 Å². The second kappa shape index (κ2) is 11.8. The normalized spacial score (nSPS) is 19.6. The highest BCUT2D eigenvalue weighted by Crippen LogP contribution is 2.38. The minimum atomic E-state index is -2.66. The average Bonchev–Trinajstić information content (AvgIpc) is 3.51. The molecule has 9 nitrogen and oxygen atoms in total. The molecule has 12 heteroatoms. The van der Waals surface area contributed by atoms with E-state index in [1.807, 2.05) is 10.6 Å². The van der Waals surface area contributed by atoms with E-state index in [9.17, 15) is 23.2 Å². The van der Waals surface area contributed by atoms with Crippen molar-refractivity contribution in [2.75, 3.05) is 5.32 Å². The number of benzene rings is 1. The van der Waals surface area contributed by atoms with Crippen molar-refractivity contribution in [1.82, 2.24) is 20.2 Å². The van der Waals surface area contributed by atoms with E-state index in [1.165, 1.54) is 18.6 Å². The van der Waals surface area contributed by atoms with Crippen LogP contribution in [-0.4, -0.2) is 45.1 Å². The number of ether oxygens (including phenoxy) is 1. The third-order valence-electron chi connectivity index (χ3n) is 7.38. The number of nitrogens with one attached hydrogen (secondary N) is 3. The quantitative estimate of drug-likeness (QED) is 0.289. The maximum Gasteiger partial charge on any atom is 0.407 e. The number of carbonyl (C=O) groups is 3. The van der Waals surface area contributed by atoms with Gasteiger partial charge in [-0.05, 0) is 76.8 Å². The molecule has 0 atom stereocenters. The fourth-order valence-corrected chi connectivity index (χ4v) is 6.12. The number of nitrogens with zero attached hydrogens (tertiary/aromatic N) is 2. The predicted octanol–water partition coefficient (Wildman–Crippen LogP) is 6.58. The Balaban J connectivity index is 1.37. The molecular weight excluding hydrogens is 552 g/mol. The van der Waals surface area contributed by atoms with Crippen molar-refractivity contribution in [3.8, 4) is 0 Å². The van der Waals surface area contributed by atoms with E-state index in [4.69, 9.17) is 4.74 Å². The third kappa shape index (κ3) is 6.86. The van der Waals surface area contributed by atoms with Crippen molar-refractivity contribution >= 4 is 46.2 Å². The average molecular weight is 588 g/mol. The molecule has 2 aliphatic rings. The number of anilines is 1. The standard InChI is InChI=1S/C29H35F2N5O4S/c1-29(2,3)40-28(39)33-18-14-19(15-18)36-21-10-9-16(25(37)32-17-7-5-4-6-8-17)13-20(21)34-27(36)35-26(38)23-12-11-22(41-23)24(30)31/h9-13,17-19,24H,4-8,14-15H2,1-3H3,(H,32,37)(H,33,39)(H,34,35,38). The number of hydrogen-bond acceptors (Lipinski definition) is 6. The molecule has 0 bridgehead atoms. The van der Waals surface area contributed by atoms with Gasteiger partial charge in [-0.25, -0.2) is 18.6 Å². The molecule has 0 saturated heterocycles. The molecule has 0 spiro atoms. The Labute approximate surface area is 241 Å². The molecule has 220 valence electrons. The maximum absolute atomic E-state index is 13.1. The van der Waals surface area contributed by atoms with Crippen molar-refractivity contribution in [2.45, 2.75) is 95.9 Å². The van der Waals surface area contributed by atoms with Gasteiger partial charge < -0.3 is 19.9 Å². The SMILES string of the molecule is CC(C)(C)OC(=O)NC1CC(n2c(NC(=O)c3ccc(C(F)F)s3)nc3cc(C(=O)NC4CCCCC4)ccc32)C1. The van der Waals surface area contributed by atoms with Crippen LogP contribution in [-0.2, 0) is 4.74 Å². The molecule has 3 N–H and O–H groups in total. The number of hydrogen-bond donors (Lipinski definition) is 3. The van der Waals surface area contributed by atoms with Crippen LogP contribution in [0.5, 0.6) is 0 Å². The van der Waals surface area contributed by atoms with Crippen LogP contribution in [0.1, 0.15) is 103 Å². The van der Waals surface area contributed by atoms with Crippen molar-refractivity contribution in [1.29, 1.82) is 0 Å². The summed E-state index contributed by atoms with van der Waals surface area (Å²) in [6.07, 6.45) is 3.33. The van der Waals surface area contributed by atoms with Gasteiger partial charge in [-0.3, -0.25) is 14.9 Å². The summed E-state index contributed by atoms with van der Waals surface area (Å²) >= 11 is 0.730. The maximum atomic E-state index is 13.1. The van der Waals surface area contributed by atoms with E-state index in [1.54, 1.807) is 32.9 Å². The van der Waals surface area contributed by atoms with Gasteiger partial charge in [0.25, 0.3) is 18.2 Å². The molecule has 0 radical (unpaired) electrons. The molecule has 3 aromatic rings. The molecule has 3 amide bonds. The Morgan fingerprint density at radius 1 is 1.00 bits per heavy atom. The van der Waals surface area contributed by atoms with Gasteiger partial charge in [-0.15, -0.1) is 11.3 Å². The van der Waals surface area contributed by atoms with E-state index >= 15 is 0 Å². The highest BCUT2D eigenvalue weighted by Gasteiger charge is 2.35. The van der Waals surface area contributed by atoms with Crippen LogP contribution >= 0.6 is 11.3 Å². The van der Waals surface area contributed by atoms with Crippen LogP contribution < -0.4 is 16.0 Å². The molecule has 2 saturated carbocycles. The van der Waals surface area contributed by atoms with E-state index < -0.39 is 24.0 Å². The number of halogens is 2. The second-order valence-corrected chi connectivity index (χ2v) is 12.9. The summed E-state index contributed by atoms with van der Waals surface area (Å²) in [6.45, 7) is 5.39. The van der Waals surface area contributed by atoms with E-state index in [0.717, 1.165) is 42.5 Å². The summed E-state index contributed by atoms with van der Waals surface area (Å²) in [5.74, 6) is -0.457. The van der Waals surface area contributed by atoms with Gasteiger partial charge in [-0.2, -0.15) is 0 Å². The van der Waals surface area contributed by atoms with Gasteiger partial charge in [0.15, 0.2) is 0 Å². The number of alkyl halides is 2. The van der Waals surface area contributed by atoms with Crippen molar-refractivity contribution in [3.05, 3.63) is 45.6 Å².